The predicted octanol–water partition coefficient (Wildman–Crippen LogP) is 9.02. The van der Waals surface area contributed by atoms with E-state index in [4.69, 9.17) is 0 Å². The molecule has 0 spiro atoms. The summed E-state index contributed by atoms with van der Waals surface area (Å²) in [6.45, 7) is 54.9. The molecule has 0 saturated carbocycles. The number of hydrogen-bond acceptors (Lipinski definition) is 0. The van der Waals surface area contributed by atoms with E-state index in [0.717, 1.165) is 0 Å². The van der Waals surface area contributed by atoms with E-state index in [2.05, 4.69) is 135 Å². The molecular formula is C24H60Si7. The SMILES string of the molecule is CC(C)(C)[Si](C)(C)[Si]1=[Si]([Si](C)(C)C(C)(C)C)[Si]1([Si](C)(C)C(C)(C)C)[Si](C)(C)C(C)(C)C. The Bertz CT molecular complexity index is 679. The molecule has 7 heteroatoms. The van der Waals surface area contributed by atoms with E-state index in [0.29, 0.717) is 20.2 Å². The van der Waals surface area contributed by atoms with Gasteiger partial charge in [-0.25, -0.2) is 0 Å². The van der Waals surface area contributed by atoms with Crippen molar-refractivity contribution >= 4 is 50.4 Å². The molecule has 0 aromatic rings. The molecule has 1 aliphatic rings. The third-order valence-electron chi connectivity index (χ3n) is 11.6. The van der Waals surface area contributed by atoms with E-state index < -0.39 is 36.5 Å². The highest BCUT2D eigenvalue weighted by Crippen LogP contribution is 2.61. The molecule has 0 unspecified atom stereocenters. The fourth-order valence-electron chi connectivity index (χ4n) is 5.75. The molecular weight excluding hydrogens is 485 g/mol. The highest BCUT2D eigenvalue weighted by Gasteiger charge is 2.80. The largest absolute Gasteiger partial charge is 0.0711 e. The van der Waals surface area contributed by atoms with Gasteiger partial charge in [-0.15, -0.1) is 0 Å². The minimum Gasteiger partial charge on any atom is -0.0711 e. The summed E-state index contributed by atoms with van der Waals surface area (Å²) in [6.07, 6.45) is -1.32. The third kappa shape index (κ3) is 4.13. The molecule has 0 aromatic carbocycles. The maximum absolute atomic E-state index is 2.95. The van der Waals surface area contributed by atoms with Crippen LogP contribution in [0.15, 0.2) is 0 Å². The Morgan fingerprint density at radius 2 is 0.581 bits per heavy atom. The van der Waals surface area contributed by atoms with Crippen LogP contribution in [-0.2, 0) is 0 Å². The van der Waals surface area contributed by atoms with Crippen molar-refractivity contribution in [1.82, 2.24) is 0 Å². The van der Waals surface area contributed by atoms with Crippen LogP contribution in [0, 0.1) is 0 Å². The van der Waals surface area contributed by atoms with Crippen LogP contribution >= 0.6 is 0 Å². The van der Waals surface area contributed by atoms with Gasteiger partial charge in [-0.3, -0.25) is 0 Å². The van der Waals surface area contributed by atoms with Gasteiger partial charge in [0.05, 0.1) is 21.3 Å². The Morgan fingerprint density at radius 3 is 0.710 bits per heavy atom. The van der Waals surface area contributed by atoms with Crippen molar-refractivity contribution in [3.8, 4) is 0 Å². The molecule has 184 valence electrons. The van der Waals surface area contributed by atoms with Crippen LogP contribution in [0.2, 0.25) is 72.5 Å². The summed E-state index contributed by atoms with van der Waals surface area (Å²) in [6, 6.07) is 0. The van der Waals surface area contributed by atoms with E-state index in [1.54, 1.807) is 0 Å². The van der Waals surface area contributed by atoms with Crippen molar-refractivity contribution in [3.63, 3.8) is 0 Å². The molecule has 0 N–H and O–H groups in total. The zero-order valence-corrected chi connectivity index (χ0v) is 32.5. The highest BCUT2D eigenvalue weighted by atomic mass is 30.5. The topological polar surface area (TPSA) is 0 Å². The average Bonchev–Trinajstić information content (AvgIpc) is 3.15. The van der Waals surface area contributed by atoms with Gasteiger partial charge >= 0.3 is 0 Å². The highest BCUT2D eigenvalue weighted by molar-refractivity contribution is 8.29. The first-order valence-corrected chi connectivity index (χ1v) is 36.8. The molecule has 0 saturated heterocycles. The lowest BCUT2D eigenvalue weighted by Crippen LogP contribution is -2.81. The fraction of sp³-hybridized carbons (Fsp3) is 1.00. The monoisotopic (exact) mass is 544 g/mol. The van der Waals surface area contributed by atoms with Gasteiger partial charge in [0.1, 0.15) is 0 Å². The molecule has 0 radical (unpaired) electrons. The molecule has 0 bridgehead atoms. The van der Waals surface area contributed by atoms with Gasteiger partial charge in [-0.2, -0.15) is 0 Å². The van der Waals surface area contributed by atoms with Crippen LogP contribution in [0.5, 0.6) is 0 Å². The summed E-state index contributed by atoms with van der Waals surface area (Å²) in [5.74, 6) is 0. The van der Waals surface area contributed by atoms with Crippen molar-refractivity contribution in [2.45, 2.75) is 156 Å². The second-order valence-electron chi connectivity index (χ2n) is 17.0. The van der Waals surface area contributed by atoms with Gasteiger partial charge < -0.3 is 0 Å². The lowest BCUT2D eigenvalue weighted by Gasteiger charge is -2.59. The second kappa shape index (κ2) is 7.76. The Kier molecular flexibility index (Phi) is 7.64. The molecule has 0 nitrogen and oxygen atoms in total. The van der Waals surface area contributed by atoms with Crippen molar-refractivity contribution in [2.75, 3.05) is 0 Å². The predicted molar refractivity (Wildman–Crippen MR) is 166 cm³/mol. The Morgan fingerprint density at radius 1 is 0.387 bits per heavy atom. The van der Waals surface area contributed by atoms with Crippen LogP contribution in [0.4, 0.5) is 0 Å². The first kappa shape index (κ1) is 30.5. The summed E-state index contributed by atoms with van der Waals surface area (Å²) in [5.41, 5.74) is 0. The molecule has 0 amide bonds. The van der Waals surface area contributed by atoms with Crippen molar-refractivity contribution < 1.29 is 0 Å². The van der Waals surface area contributed by atoms with E-state index >= 15 is 0 Å². The van der Waals surface area contributed by atoms with Gasteiger partial charge in [0.2, 0.25) is 0 Å². The van der Waals surface area contributed by atoms with E-state index in [1.807, 2.05) is 0 Å². The van der Waals surface area contributed by atoms with Crippen molar-refractivity contribution in [1.29, 1.82) is 0 Å². The number of rotatable bonds is 4. The molecule has 1 rings (SSSR count). The standard InChI is InChI=1S/C24H60Si7/c1-21(2,3)27(13,14)25-26(28(15,16)22(4,5)6)31(25,29(17,18)23(7,8)9)30(19,20)24(10,11)12/h1-20H3. The molecule has 1 aliphatic heterocycles. The minimum atomic E-state index is -1.41. The summed E-state index contributed by atoms with van der Waals surface area (Å²) < 4.78 is 0. The van der Waals surface area contributed by atoms with E-state index in [9.17, 15) is 0 Å². The minimum absolute atomic E-state index is 0.207. The van der Waals surface area contributed by atoms with Gasteiger partial charge in [-0.05, 0) is 34.0 Å². The van der Waals surface area contributed by atoms with Crippen LogP contribution in [-0.4, -0.2) is 50.4 Å². The molecule has 1 heterocycles. The maximum atomic E-state index is 2.95. The quantitative estimate of drug-likeness (QED) is 0.310. The average molecular weight is 545 g/mol. The maximum Gasteiger partial charge on any atom is 0.0549 e. The van der Waals surface area contributed by atoms with Crippen LogP contribution < -0.4 is 0 Å². The van der Waals surface area contributed by atoms with Crippen LogP contribution in [0.3, 0.4) is 0 Å². The molecule has 0 aromatic heterocycles. The Labute approximate surface area is 205 Å². The summed E-state index contributed by atoms with van der Waals surface area (Å²) in [4.78, 5) is 0. The molecule has 0 atom stereocenters. The van der Waals surface area contributed by atoms with Crippen molar-refractivity contribution in [2.24, 2.45) is 0 Å². The third-order valence-corrected chi connectivity index (χ3v) is 185. The lowest BCUT2D eigenvalue weighted by atomic mass is 10.2. The van der Waals surface area contributed by atoms with E-state index in [1.165, 1.54) is 0 Å². The smallest absolute Gasteiger partial charge is 0.0549 e. The first-order valence-electron chi connectivity index (χ1n) is 12.8. The molecule has 0 fully saturated rings. The summed E-state index contributed by atoms with van der Waals surface area (Å²) in [5, 5.41) is 2.20. The van der Waals surface area contributed by atoms with E-state index in [-0.39, 0.29) is 13.9 Å². The second-order valence-corrected chi connectivity index (χ2v) is 90.0. The summed E-state index contributed by atoms with van der Waals surface area (Å²) in [7, 11) is -5.46. The Balaban J connectivity index is 4.31. The first-order chi connectivity index (χ1) is 13.0. The van der Waals surface area contributed by atoms with Gasteiger partial charge in [0.25, 0.3) is 0 Å². The number of hydrogen-bond donors (Lipinski definition) is 0. The lowest BCUT2D eigenvalue weighted by molar-refractivity contribution is 0.726. The fourth-order valence-corrected chi connectivity index (χ4v) is 368. The van der Waals surface area contributed by atoms with Crippen molar-refractivity contribution in [3.05, 3.63) is 0 Å². The summed E-state index contributed by atoms with van der Waals surface area (Å²) >= 11 is 0. The van der Waals surface area contributed by atoms with Gasteiger partial charge in [0.15, 0.2) is 0 Å². The molecule has 31 heavy (non-hydrogen) atoms. The van der Waals surface area contributed by atoms with Gasteiger partial charge in [-0.1, -0.05) is 135 Å². The zero-order valence-electron chi connectivity index (χ0n) is 25.5. The zero-order chi connectivity index (χ0) is 25.7. The van der Waals surface area contributed by atoms with Crippen LogP contribution in [0.1, 0.15) is 83.1 Å². The normalized spacial score (nSPS) is 19.7. The van der Waals surface area contributed by atoms with Gasteiger partial charge in [0, 0.05) is 15.2 Å². The molecule has 0 aliphatic carbocycles. The Hall–Kier alpha value is 1.52. The van der Waals surface area contributed by atoms with Crippen LogP contribution in [0.25, 0.3) is 0 Å².